The second-order valence-electron chi connectivity index (χ2n) is 8.49. The summed E-state index contributed by atoms with van der Waals surface area (Å²) >= 11 is 0. The second kappa shape index (κ2) is 9.67. The lowest BCUT2D eigenvalue weighted by atomic mass is 9.99. The number of carbonyl (C=O) groups is 1. The molecule has 150 valence electrons. The van der Waals surface area contributed by atoms with Crippen LogP contribution in [0.15, 0.2) is 36.9 Å². The molecule has 1 unspecified atom stereocenters. The van der Waals surface area contributed by atoms with Gasteiger partial charge < -0.3 is 9.64 Å². The normalized spacial score (nSPS) is 20.3. The highest BCUT2D eigenvalue weighted by molar-refractivity contribution is 6.55. The maximum atomic E-state index is 12.9. The zero-order chi connectivity index (χ0) is 20.0. The van der Waals surface area contributed by atoms with E-state index in [2.05, 4.69) is 49.3 Å². The molecule has 0 saturated carbocycles. The van der Waals surface area contributed by atoms with E-state index in [-0.39, 0.29) is 23.7 Å². The molecule has 0 aromatic heterocycles. The fourth-order valence-electron chi connectivity index (χ4n) is 3.49. The Morgan fingerprint density at radius 3 is 2.48 bits per heavy atom. The predicted molar refractivity (Wildman–Crippen MR) is 116 cm³/mol. The first-order chi connectivity index (χ1) is 12.8. The van der Waals surface area contributed by atoms with Gasteiger partial charge in [0.25, 0.3) is 0 Å². The number of amides is 1. The van der Waals surface area contributed by atoms with Gasteiger partial charge in [-0.3, -0.25) is 10.1 Å². The van der Waals surface area contributed by atoms with E-state index in [9.17, 15) is 4.79 Å². The first kappa shape index (κ1) is 21.9. The molecule has 1 amide bonds. The second-order valence-corrected chi connectivity index (χ2v) is 11.9. The summed E-state index contributed by atoms with van der Waals surface area (Å²) in [7, 11) is 1.35. The maximum absolute atomic E-state index is 12.9. The Morgan fingerprint density at radius 1 is 1.30 bits per heavy atom. The van der Waals surface area contributed by atoms with E-state index in [0.29, 0.717) is 6.61 Å². The first-order valence-electron chi connectivity index (χ1n) is 10.1. The highest BCUT2D eigenvalue weighted by Crippen LogP contribution is 2.30. The van der Waals surface area contributed by atoms with Gasteiger partial charge in [0, 0.05) is 22.5 Å². The molecule has 0 radical (unpaired) electrons. The summed E-state index contributed by atoms with van der Waals surface area (Å²) in [4.78, 5) is 14.6. The van der Waals surface area contributed by atoms with Crippen LogP contribution in [0.5, 0.6) is 0 Å². The molecule has 1 saturated heterocycles. The molecule has 1 aromatic rings. The summed E-state index contributed by atoms with van der Waals surface area (Å²) in [5, 5.41) is 3.47. The van der Waals surface area contributed by atoms with E-state index in [1.165, 1.54) is 18.0 Å². The van der Waals surface area contributed by atoms with E-state index in [4.69, 9.17) is 4.74 Å². The fourth-order valence-corrected chi connectivity index (χ4v) is 4.59. The van der Waals surface area contributed by atoms with E-state index in [1.54, 1.807) is 4.90 Å². The Morgan fingerprint density at radius 2 is 1.96 bits per heavy atom. The maximum Gasteiger partial charge on any atom is 0.244 e. The number of likely N-dealkylation sites (N-methyl/N-ethyl adjacent to an activating group) is 1. The van der Waals surface area contributed by atoms with Gasteiger partial charge in [-0.1, -0.05) is 55.9 Å². The molecule has 4 nitrogen and oxygen atoms in total. The molecule has 2 rings (SSSR count). The molecular weight excluding hydrogens is 352 g/mol. The number of ether oxygens (including phenoxy) is 1. The number of unbranched alkanes of at least 4 members (excludes halogenated alkanes) is 1. The number of nitrogens with one attached hydrogen (secondary N) is 1. The number of allylic oxidation sites excluding steroid dienone is 1. The van der Waals surface area contributed by atoms with Crippen molar-refractivity contribution in [3.8, 4) is 0 Å². The SMILES string of the molecule is C=CCc1ccc(C(OCCCC[SiH](C)C)[C@@H]2NC(C)(C)N(C)C2=O)cc1. The summed E-state index contributed by atoms with van der Waals surface area (Å²) in [6, 6.07) is 9.38. The van der Waals surface area contributed by atoms with Crippen molar-refractivity contribution in [1.29, 1.82) is 0 Å². The monoisotopic (exact) mass is 388 g/mol. The lowest BCUT2D eigenvalue weighted by Crippen LogP contribution is -2.46. The van der Waals surface area contributed by atoms with Crippen LogP contribution in [0.1, 0.15) is 43.9 Å². The minimum atomic E-state index is -0.505. The van der Waals surface area contributed by atoms with Crippen LogP contribution in [0, 0.1) is 0 Å². The van der Waals surface area contributed by atoms with Gasteiger partial charge in [-0.2, -0.15) is 0 Å². The first-order valence-corrected chi connectivity index (χ1v) is 13.3. The van der Waals surface area contributed by atoms with E-state index >= 15 is 0 Å². The smallest absolute Gasteiger partial charge is 0.244 e. The van der Waals surface area contributed by atoms with Gasteiger partial charge in [0.05, 0.1) is 5.66 Å². The lowest BCUT2D eigenvalue weighted by Gasteiger charge is -2.27. The molecule has 0 spiro atoms. The van der Waals surface area contributed by atoms with Crippen LogP contribution in [0.4, 0.5) is 0 Å². The lowest BCUT2D eigenvalue weighted by molar-refractivity contribution is -0.132. The molecule has 1 N–H and O–H groups in total. The molecule has 1 heterocycles. The van der Waals surface area contributed by atoms with Crippen molar-refractivity contribution in [3.63, 3.8) is 0 Å². The zero-order valence-electron chi connectivity index (χ0n) is 17.6. The third-order valence-electron chi connectivity index (χ3n) is 5.41. The van der Waals surface area contributed by atoms with E-state index in [0.717, 1.165) is 18.4 Å². The fraction of sp³-hybridized carbons (Fsp3) is 0.591. The van der Waals surface area contributed by atoms with Gasteiger partial charge >= 0.3 is 0 Å². The van der Waals surface area contributed by atoms with Crippen LogP contribution in [0.25, 0.3) is 0 Å². The molecule has 27 heavy (non-hydrogen) atoms. The molecule has 5 heteroatoms. The Kier molecular flexibility index (Phi) is 7.83. The van der Waals surface area contributed by atoms with Crippen LogP contribution in [-0.2, 0) is 16.0 Å². The number of nitrogens with zero attached hydrogens (tertiary/aromatic N) is 1. The highest BCUT2D eigenvalue weighted by Gasteiger charge is 2.46. The van der Waals surface area contributed by atoms with Crippen LogP contribution in [-0.4, -0.2) is 45.0 Å². The zero-order valence-corrected chi connectivity index (χ0v) is 18.8. The summed E-state index contributed by atoms with van der Waals surface area (Å²) < 4.78 is 6.29. The number of hydrogen-bond donors (Lipinski definition) is 1. The van der Waals surface area contributed by atoms with Crippen molar-refractivity contribution in [2.45, 2.75) is 70.1 Å². The van der Waals surface area contributed by atoms with Gasteiger partial charge in [0.15, 0.2) is 0 Å². The minimum absolute atomic E-state index is 0.0924. The van der Waals surface area contributed by atoms with Gasteiger partial charge in [0.2, 0.25) is 5.91 Å². The number of benzene rings is 1. The molecule has 1 fully saturated rings. The number of rotatable bonds is 10. The van der Waals surface area contributed by atoms with E-state index in [1.807, 2.05) is 27.0 Å². The van der Waals surface area contributed by atoms with Crippen molar-refractivity contribution in [2.24, 2.45) is 0 Å². The van der Waals surface area contributed by atoms with Crippen LogP contribution in [0.3, 0.4) is 0 Å². The molecule has 1 aromatic carbocycles. The van der Waals surface area contributed by atoms with Crippen LogP contribution >= 0.6 is 0 Å². The topological polar surface area (TPSA) is 41.6 Å². The summed E-state index contributed by atoms with van der Waals surface area (Å²) in [5.74, 6) is 0.0924. The van der Waals surface area contributed by atoms with Crippen LogP contribution in [0.2, 0.25) is 19.1 Å². The average molecular weight is 389 g/mol. The van der Waals surface area contributed by atoms with E-state index < -0.39 is 8.80 Å². The summed E-state index contributed by atoms with van der Waals surface area (Å²) in [5.41, 5.74) is 1.91. The summed E-state index contributed by atoms with van der Waals surface area (Å²) in [6.45, 7) is 13.3. The van der Waals surface area contributed by atoms with Gasteiger partial charge in [-0.05, 0) is 37.8 Å². The third kappa shape index (κ3) is 5.77. The van der Waals surface area contributed by atoms with Crippen molar-refractivity contribution in [3.05, 3.63) is 48.0 Å². The van der Waals surface area contributed by atoms with Crippen molar-refractivity contribution in [2.75, 3.05) is 13.7 Å². The van der Waals surface area contributed by atoms with Gasteiger partial charge in [0.1, 0.15) is 12.1 Å². The number of hydrogen-bond acceptors (Lipinski definition) is 3. The van der Waals surface area contributed by atoms with Crippen molar-refractivity contribution in [1.82, 2.24) is 10.2 Å². The third-order valence-corrected chi connectivity index (χ3v) is 6.97. The Balaban J connectivity index is 2.13. The molecule has 2 atom stereocenters. The quantitative estimate of drug-likeness (QED) is 0.375. The van der Waals surface area contributed by atoms with Crippen molar-refractivity contribution >= 4 is 14.7 Å². The molecule has 1 aliphatic rings. The predicted octanol–water partition coefficient (Wildman–Crippen LogP) is 3.91. The molecular formula is C22H36N2O2Si. The largest absolute Gasteiger partial charge is 0.371 e. The average Bonchev–Trinajstić information content (AvgIpc) is 2.82. The van der Waals surface area contributed by atoms with Crippen LogP contribution < -0.4 is 5.32 Å². The minimum Gasteiger partial charge on any atom is -0.371 e. The molecule has 0 aliphatic carbocycles. The Hall–Kier alpha value is -1.43. The summed E-state index contributed by atoms with van der Waals surface area (Å²) in [6.07, 6.45) is 4.75. The van der Waals surface area contributed by atoms with Gasteiger partial charge in [-0.15, -0.1) is 6.58 Å². The molecule has 1 aliphatic heterocycles. The highest BCUT2D eigenvalue weighted by atomic mass is 28.3. The van der Waals surface area contributed by atoms with Crippen molar-refractivity contribution < 1.29 is 9.53 Å². The Labute approximate surface area is 166 Å². The standard InChI is InChI=1S/C22H36N2O2Si/c1-7-10-17-11-13-18(14-12-17)20(26-15-8-9-16-27(5)6)19-21(25)24(4)22(2,3)23-19/h7,11-14,19-20,23,27H,1,8-10,15-16H2,2-6H3/t19-,20?/m0/s1. The number of carbonyl (C=O) groups excluding carboxylic acids is 1. The van der Waals surface area contributed by atoms with Gasteiger partial charge in [-0.25, -0.2) is 0 Å². The molecule has 0 bridgehead atoms. The Bertz CT molecular complexity index is 628.